The van der Waals surface area contributed by atoms with Crippen molar-refractivity contribution in [3.63, 3.8) is 0 Å². The van der Waals surface area contributed by atoms with Crippen LogP contribution >= 0.6 is 12.0 Å². The van der Waals surface area contributed by atoms with Crippen LogP contribution in [0.15, 0.2) is 0 Å². The second kappa shape index (κ2) is 7.41. The van der Waals surface area contributed by atoms with Gasteiger partial charge in [0.05, 0.1) is 25.1 Å². The number of β-amino-alcohol motifs (C(OH)–C–C–N with tert-alkyl or cyclic N) is 1. The molecule has 0 aromatic carbocycles. The minimum Gasteiger partial charge on any atom is -0.691 e. The van der Waals surface area contributed by atoms with Crippen molar-refractivity contribution < 1.29 is 24.5 Å². The molecular formula is C7H14NO5S-. The van der Waals surface area contributed by atoms with E-state index in [0.717, 1.165) is 25.1 Å². The number of hydrogen-bond donors (Lipinski definition) is 1. The molecule has 0 aromatic rings. The lowest BCUT2D eigenvalue weighted by Gasteiger charge is -2.28. The standard InChI is InChI=1S/C7H15NO5S/c9-7(6-14-13-12-10)5-8-1-3-11-4-2-8/h7,9-10H,1-6H2/p-1. The number of aliphatic hydroxyl groups excluding tert-OH is 1. The van der Waals surface area contributed by atoms with Crippen LogP contribution in [-0.2, 0) is 14.1 Å². The Balaban J connectivity index is 2.03. The van der Waals surface area contributed by atoms with Gasteiger partial charge >= 0.3 is 0 Å². The van der Waals surface area contributed by atoms with Crippen molar-refractivity contribution in [1.29, 1.82) is 0 Å². The Labute approximate surface area is 86.8 Å². The van der Waals surface area contributed by atoms with Crippen molar-refractivity contribution in [3.05, 3.63) is 0 Å². The summed E-state index contributed by atoms with van der Waals surface area (Å²) in [4.78, 5) is 2.10. The van der Waals surface area contributed by atoms with Gasteiger partial charge in [0, 0.05) is 31.7 Å². The van der Waals surface area contributed by atoms with Crippen molar-refractivity contribution in [2.75, 3.05) is 38.6 Å². The zero-order valence-corrected chi connectivity index (χ0v) is 8.57. The molecule has 1 atom stereocenters. The number of nitrogens with zero attached hydrogens (tertiary/aromatic N) is 1. The average molecular weight is 224 g/mol. The molecule has 1 fully saturated rings. The van der Waals surface area contributed by atoms with Gasteiger partial charge < -0.3 is 15.1 Å². The molecule has 0 spiro atoms. The lowest BCUT2D eigenvalue weighted by Crippen LogP contribution is -2.41. The van der Waals surface area contributed by atoms with Gasteiger partial charge in [0.25, 0.3) is 0 Å². The van der Waals surface area contributed by atoms with Gasteiger partial charge in [0.1, 0.15) is 0 Å². The summed E-state index contributed by atoms with van der Waals surface area (Å²) in [6.45, 7) is 3.65. The van der Waals surface area contributed by atoms with Gasteiger partial charge in [0.2, 0.25) is 0 Å². The number of rotatable bonds is 6. The molecule has 0 amide bonds. The van der Waals surface area contributed by atoms with E-state index in [0.29, 0.717) is 25.5 Å². The fourth-order valence-electron chi connectivity index (χ4n) is 1.26. The molecule has 1 unspecified atom stereocenters. The van der Waals surface area contributed by atoms with E-state index in [4.69, 9.17) is 4.74 Å². The minimum atomic E-state index is -0.520. The summed E-state index contributed by atoms with van der Waals surface area (Å²) in [6, 6.07) is 0. The number of hydrogen-bond acceptors (Lipinski definition) is 7. The van der Waals surface area contributed by atoms with Crippen LogP contribution in [-0.4, -0.2) is 54.7 Å². The Hall–Kier alpha value is 0.110. The Morgan fingerprint density at radius 1 is 1.50 bits per heavy atom. The molecule has 0 bridgehead atoms. The van der Waals surface area contributed by atoms with E-state index in [-0.39, 0.29) is 0 Å². The van der Waals surface area contributed by atoms with Gasteiger partial charge in [0.15, 0.2) is 0 Å². The summed E-state index contributed by atoms with van der Waals surface area (Å²) in [6.07, 6.45) is -0.520. The van der Waals surface area contributed by atoms with Gasteiger partial charge in [-0.05, 0) is 0 Å². The molecule has 0 saturated carbocycles. The maximum atomic E-state index is 9.49. The Kier molecular flexibility index (Phi) is 6.45. The van der Waals surface area contributed by atoms with Gasteiger partial charge in [-0.1, -0.05) is 0 Å². The highest BCUT2D eigenvalue weighted by atomic mass is 32.2. The van der Waals surface area contributed by atoms with Crippen LogP contribution in [0.4, 0.5) is 0 Å². The number of ether oxygens (including phenoxy) is 1. The number of aliphatic hydroxyl groups is 1. The van der Waals surface area contributed by atoms with Gasteiger partial charge in [-0.15, -0.1) is 0 Å². The molecule has 1 rings (SSSR count). The van der Waals surface area contributed by atoms with Crippen LogP contribution < -0.4 is 5.26 Å². The summed E-state index contributed by atoms with van der Waals surface area (Å²) in [5, 5.41) is 22.1. The van der Waals surface area contributed by atoms with Gasteiger partial charge in [-0.3, -0.25) is 9.94 Å². The summed E-state index contributed by atoms with van der Waals surface area (Å²) in [5.74, 6) is 0.319. The molecule has 1 aliphatic heterocycles. The van der Waals surface area contributed by atoms with E-state index < -0.39 is 6.10 Å². The molecular weight excluding hydrogens is 210 g/mol. The first-order chi connectivity index (χ1) is 6.83. The maximum Gasteiger partial charge on any atom is 0.0780 e. The monoisotopic (exact) mass is 224 g/mol. The molecule has 0 aromatic heterocycles. The van der Waals surface area contributed by atoms with Crippen LogP contribution in [0, 0.1) is 0 Å². The molecule has 84 valence electrons. The summed E-state index contributed by atoms with van der Waals surface area (Å²) >= 11 is 0.807. The lowest BCUT2D eigenvalue weighted by atomic mass is 10.3. The normalized spacial score (nSPS) is 21.0. The Morgan fingerprint density at radius 2 is 2.21 bits per heavy atom. The van der Waals surface area contributed by atoms with Gasteiger partial charge in [-0.25, -0.2) is 0 Å². The van der Waals surface area contributed by atoms with Crippen molar-refractivity contribution in [3.8, 4) is 0 Å². The van der Waals surface area contributed by atoms with E-state index in [1.807, 2.05) is 0 Å². The fourth-order valence-corrected chi connectivity index (χ4v) is 1.62. The topological polar surface area (TPSA) is 74.2 Å². The third-order valence-corrected chi connectivity index (χ3v) is 2.58. The smallest absolute Gasteiger partial charge is 0.0780 e. The van der Waals surface area contributed by atoms with E-state index in [1.165, 1.54) is 0 Å². The fraction of sp³-hybridized carbons (Fsp3) is 1.00. The minimum absolute atomic E-state index is 0.319. The molecule has 0 aliphatic carbocycles. The molecule has 7 heteroatoms. The van der Waals surface area contributed by atoms with Crippen molar-refractivity contribution >= 4 is 12.0 Å². The zero-order chi connectivity index (χ0) is 10.2. The van der Waals surface area contributed by atoms with E-state index in [2.05, 4.69) is 14.3 Å². The second-order valence-corrected chi connectivity index (χ2v) is 3.69. The first kappa shape index (κ1) is 12.2. The quantitative estimate of drug-likeness (QED) is 0.256. The summed E-state index contributed by atoms with van der Waals surface area (Å²) < 4.78 is 9.22. The Morgan fingerprint density at radius 3 is 2.86 bits per heavy atom. The van der Waals surface area contributed by atoms with Crippen LogP contribution in [0.1, 0.15) is 0 Å². The van der Waals surface area contributed by atoms with Crippen LogP contribution in [0.25, 0.3) is 0 Å². The third-order valence-electron chi connectivity index (χ3n) is 1.91. The third kappa shape index (κ3) is 5.11. The Bertz CT molecular complexity index is 144. The predicted molar refractivity (Wildman–Crippen MR) is 47.9 cm³/mol. The van der Waals surface area contributed by atoms with E-state index >= 15 is 0 Å². The summed E-state index contributed by atoms with van der Waals surface area (Å²) in [5.41, 5.74) is 0. The summed E-state index contributed by atoms with van der Waals surface area (Å²) in [7, 11) is 0. The highest BCUT2D eigenvalue weighted by molar-refractivity contribution is 7.94. The number of morpholine rings is 1. The highest BCUT2D eigenvalue weighted by Gasteiger charge is 2.14. The molecule has 6 nitrogen and oxygen atoms in total. The van der Waals surface area contributed by atoms with Crippen LogP contribution in [0.3, 0.4) is 0 Å². The molecule has 1 N–H and O–H groups in total. The molecule has 1 aliphatic rings. The largest absolute Gasteiger partial charge is 0.691 e. The second-order valence-electron chi connectivity index (χ2n) is 2.99. The molecule has 14 heavy (non-hydrogen) atoms. The predicted octanol–water partition coefficient (Wildman–Crippen LogP) is -1.45. The first-order valence-corrected chi connectivity index (χ1v) is 5.30. The maximum absolute atomic E-state index is 9.49. The molecule has 0 radical (unpaired) electrons. The SMILES string of the molecule is [O-]OOSCC(O)CN1CCOCC1. The van der Waals surface area contributed by atoms with E-state index in [9.17, 15) is 10.4 Å². The molecule has 1 heterocycles. The lowest BCUT2D eigenvalue weighted by molar-refractivity contribution is -0.777. The first-order valence-electron chi connectivity index (χ1n) is 4.39. The zero-order valence-electron chi connectivity index (χ0n) is 7.76. The average Bonchev–Trinajstić information content (AvgIpc) is 2.20. The highest BCUT2D eigenvalue weighted by Crippen LogP contribution is 2.06. The van der Waals surface area contributed by atoms with Crippen molar-refractivity contribution in [2.24, 2.45) is 0 Å². The van der Waals surface area contributed by atoms with E-state index in [1.54, 1.807) is 0 Å². The van der Waals surface area contributed by atoms with Gasteiger partial charge in [-0.2, -0.15) is 4.33 Å². The van der Waals surface area contributed by atoms with Crippen LogP contribution in [0.5, 0.6) is 0 Å². The van der Waals surface area contributed by atoms with Crippen LogP contribution in [0.2, 0.25) is 0 Å². The molecule has 1 saturated heterocycles. The van der Waals surface area contributed by atoms with Crippen molar-refractivity contribution in [1.82, 2.24) is 4.90 Å². The van der Waals surface area contributed by atoms with Crippen molar-refractivity contribution in [2.45, 2.75) is 6.10 Å².